The number of carbonyl (C=O) groups is 2. The van der Waals surface area contributed by atoms with Crippen LogP contribution < -0.4 is 9.47 Å². The molecule has 1 amide bonds. The number of fused-ring (bicyclic) bond motifs is 1. The van der Waals surface area contributed by atoms with Crippen molar-refractivity contribution in [1.29, 1.82) is 0 Å². The molecule has 0 aliphatic carbocycles. The third kappa shape index (κ3) is 4.68. The number of carbonyl (C=O) groups excluding carboxylic acids is 2. The van der Waals surface area contributed by atoms with E-state index in [2.05, 4.69) is 4.98 Å². The average molecular weight is 528 g/mol. The largest absolute Gasteiger partial charge is 0.507 e. The zero-order valence-electron chi connectivity index (χ0n) is 21.2. The number of H-pyrrole nitrogens is 1. The molecular weight excluding hydrogens is 502 g/mol. The zero-order valence-corrected chi connectivity index (χ0v) is 21.2. The van der Waals surface area contributed by atoms with Crippen LogP contribution in [0.15, 0.2) is 78.5 Å². The highest BCUT2D eigenvalue weighted by atomic mass is 16.6. The smallest absolute Gasteiger partial charge is 0.295 e. The van der Waals surface area contributed by atoms with E-state index < -0.39 is 22.7 Å². The summed E-state index contributed by atoms with van der Waals surface area (Å²) in [6.07, 6.45) is 2.22. The van der Waals surface area contributed by atoms with Crippen LogP contribution in [-0.4, -0.2) is 52.4 Å². The van der Waals surface area contributed by atoms with Crippen LogP contribution in [0.1, 0.15) is 22.7 Å². The third-order valence-corrected chi connectivity index (χ3v) is 6.90. The SMILES string of the molecule is COc1ccc(C(O)=C2C(=O)C(=O)N(CCc3c[nH]c4ccc(OC)cc34)[C@H]2c2cccc([N+](=O)[O-])c2)cc1. The molecule has 10 nitrogen and oxygen atoms in total. The molecule has 0 spiro atoms. The third-order valence-electron chi connectivity index (χ3n) is 6.90. The van der Waals surface area contributed by atoms with Crippen molar-refractivity contribution in [3.8, 4) is 11.5 Å². The van der Waals surface area contributed by atoms with Gasteiger partial charge in [-0.2, -0.15) is 0 Å². The van der Waals surface area contributed by atoms with Gasteiger partial charge in [-0.25, -0.2) is 0 Å². The molecule has 1 saturated heterocycles. The number of aliphatic hydroxyl groups is 1. The number of hydrogen-bond acceptors (Lipinski definition) is 7. The number of aromatic nitrogens is 1. The highest BCUT2D eigenvalue weighted by Gasteiger charge is 2.46. The first kappa shape index (κ1) is 25.5. The van der Waals surface area contributed by atoms with Gasteiger partial charge in [0.25, 0.3) is 17.4 Å². The number of hydrogen-bond donors (Lipinski definition) is 2. The summed E-state index contributed by atoms with van der Waals surface area (Å²) in [4.78, 5) is 42.2. The predicted molar refractivity (Wildman–Crippen MR) is 144 cm³/mol. The molecule has 0 unspecified atom stereocenters. The fraction of sp³-hybridized carbons (Fsp3) is 0.172. The summed E-state index contributed by atoms with van der Waals surface area (Å²) in [5.74, 6) is -0.788. The molecule has 1 aliphatic heterocycles. The lowest BCUT2D eigenvalue weighted by Crippen LogP contribution is -2.31. The van der Waals surface area contributed by atoms with Crippen LogP contribution in [0.5, 0.6) is 11.5 Å². The maximum atomic E-state index is 13.3. The van der Waals surface area contributed by atoms with Crippen LogP contribution in [-0.2, 0) is 16.0 Å². The molecular formula is C29H25N3O7. The van der Waals surface area contributed by atoms with Gasteiger partial charge in [0, 0.05) is 41.3 Å². The minimum atomic E-state index is -1.02. The number of nitro groups is 1. The molecule has 0 bridgehead atoms. The number of nitro benzene ring substituents is 1. The molecule has 5 rings (SSSR count). The van der Waals surface area contributed by atoms with Crippen molar-refractivity contribution < 1.29 is 29.1 Å². The molecule has 3 aromatic carbocycles. The first-order chi connectivity index (χ1) is 18.8. The number of methoxy groups -OCH3 is 2. The van der Waals surface area contributed by atoms with E-state index in [0.717, 1.165) is 16.5 Å². The summed E-state index contributed by atoms with van der Waals surface area (Å²) in [5, 5.41) is 23.7. The minimum absolute atomic E-state index is 0.126. The minimum Gasteiger partial charge on any atom is -0.507 e. The standard InChI is InChI=1S/C29H25N3O7/c1-38-21-8-6-17(7-9-21)27(33)25-26(18-4-3-5-20(14-18)32(36)37)31(29(35)28(25)34)13-12-19-16-30-24-11-10-22(39-2)15-23(19)24/h3-11,14-16,26,30,33H,12-13H2,1-2H3/t26-/m0/s1. The number of benzene rings is 3. The summed E-state index contributed by atoms with van der Waals surface area (Å²) in [5.41, 5.74) is 2.13. The van der Waals surface area contributed by atoms with Gasteiger partial charge in [-0.05, 0) is 60.0 Å². The Hall–Kier alpha value is -5.12. The lowest BCUT2D eigenvalue weighted by molar-refractivity contribution is -0.384. The van der Waals surface area contributed by atoms with Gasteiger partial charge in [-0.3, -0.25) is 19.7 Å². The van der Waals surface area contributed by atoms with Gasteiger partial charge in [0.1, 0.15) is 17.3 Å². The van der Waals surface area contributed by atoms with Gasteiger partial charge < -0.3 is 24.5 Å². The lowest BCUT2D eigenvalue weighted by Gasteiger charge is -2.25. The van der Waals surface area contributed by atoms with Crippen molar-refractivity contribution in [2.24, 2.45) is 0 Å². The second-order valence-electron chi connectivity index (χ2n) is 9.05. The summed E-state index contributed by atoms with van der Waals surface area (Å²) in [6, 6.07) is 16.7. The maximum absolute atomic E-state index is 13.3. The Balaban J connectivity index is 1.58. The van der Waals surface area contributed by atoms with Crippen molar-refractivity contribution in [2.75, 3.05) is 20.8 Å². The van der Waals surface area contributed by atoms with Crippen LogP contribution >= 0.6 is 0 Å². The molecule has 2 heterocycles. The summed E-state index contributed by atoms with van der Waals surface area (Å²) >= 11 is 0. The van der Waals surface area contributed by atoms with Crippen molar-refractivity contribution in [3.05, 3.63) is 105 Å². The van der Waals surface area contributed by atoms with E-state index in [4.69, 9.17) is 9.47 Å². The van der Waals surface area contributed by atoms with E-state index in [-0.39, 0.29) is 23.6 Å². The molecule has 1 aliphatic rings. The Morgan fingerprint density at radius 2 is 1.74 bits per heavy atom. The quantitative estimate of drug-likeness (QED) is 0.111. The number of likely N-dealkylation sites (tertiary alicyclic amines) is 1. The lowest BCUT2D eigenvalue weighted by atomic mass is 9.95. The van der Waals surface area contributed by atoms with Crippen LogP contribution in [0, 0.1) is 10.1 Å². The molecule has 0 radical (unpaired) electrons. The first-order valence-electron chi connectivity index (χ1n) is 12.1. The normalized spacial score (nSPS) is 16.6. The molecule has 4 aromatic rings. The fourth-order valence-electron chi connectivity index (χ4n) is 4.90. The Kier molecular flexibility index (Phi) is 6.76. The Labute approximate surface area is 223 Å². The van der Waals surface area contributed by atoms with Crippen LogP contribution in [0.2, 0.25) is 0 Å². The van der Waals surface area contributed by atoms with Gasteiger partial charge in [0.15, 0.2) is 0 Å². The molecule has 1 atom stereocenters. The number of amides is 1. The van der Waals surface area contributed by atoms with Crippen molar-refractivity contribution in [1.82, 2.24) is 9.88 Å². The number of aromatic amines is 1. The fourth-order valence-corrected chi connectivity index (χ4v) is 4.90. The Morgan fingerprint density at radius 1 is 1.03 bits per heavy atom. The summed E-state index contributed by atoms with van der Waals surface area (Å²) in [7, 11) is 3.08. The number of non-ortho nitro benzene ring substituents is 1. The second kappa shape index (κ2) is 10.3. The van der Waals surface area contributed by atoms with E-state index in [9.17, 15) is 24.8 Å². The molecule has 10 heteroatoms. The van der Waals surface area contributed by atoms with Crippen LogP contribution in [0.4, 0.5) is 5.69 Å². The number of aliphatic hydroxyl groups excluding tert-OH is 1. The Bertz CT molecular complexity index is 1620. The van der Waals surface area contributed by atoms with Crippen molar-refractivity contribution >= 4 is 34.0 Å². The average Bonchev–Trinajstić information content (AvgIpc) is 3.48. The maximum Gasteiger partial charge on any atom is 0.295 e. The summed E-state index contributed by atoms with van der Waals surface area (Å²) < 4.78 is 10.5. The van der Waals surface area contributed by atoms with Gasteiger partial charge in [0.2, 0.25) is 0 Å². The van der Waals surface area contributed by atoms with Gasteiger partial charge in [-0.15, -0.1) is 0 Å². The molecule has 0 saturated carbocycles. The summed E-state index contributed by atoms with van der Waals surface area (Å²) in [6.45, 7) is 0.126. The molecule has 1 aromatic heterocycles. The van der Waals surface area contributed by atoms with Crippen LogP contribution in [0.25, 0.3) is 16.7 Å². The van der Waals surface area contributed by atoms with Gasteiger partial charge >= 0.3 is 0 Å². The number of Topliss-reactive ketones (excluding diaryl/α,β-unsaturated/α-hetero) is 1. The molecule has 39 heavy (non-hydrogen) atoms. The van der Waals surface area contributed by atoms with E-state index >= 15 is 0 Å². The second-order valence-corrected chi connectivity index (χ2v) is 9.05. The zero-order chi connectivity index (χ0) is 27.7. The molecule has 1 fully saturated rings. The number of ketones is 1. The molecule has 2 N–H and O–H groups in total. The predicted octanol–water partition coefficient (Wildman–Crippen LogP) is 4.76. The van der Waals surface area contributed by atoms with Gasteiger partial charge in [0.05, 0.1) is 30.8 Å². The first-order valence-corrected chi connectivity index (χ1v) is 12.1. The van der Waals surface area contributed by atoms with Crippen LogP contribution in [0.3, 0.4) is 0 Å². The van der Waals surface area contributed by atoms with Gasteiger partial charge in [-0.1, -0.05) is 12.1 Å². The van der Waals surface area contributed by atoms with E-state index in [1.54, 1.807) is 37.4 Å². The number of nitrogens with one attached hydrogen (secondary N) is 1. The molecule has 198 valence electrons. The van der Waals surface area contributed by atoms with E-state index in [1.165, 1.54) is 30.2 Å². The highest BCUT2D eigenvalue weighted by Crippen LogP contribution is 2.40. The van der Waals surface area contributed by atoms with Crippen molar-refractivity contribution in [3.63, 3.8) is 0 Å². The Morgan fingerprint density at radius 3 is 2.44 bits per heavy atom. The number of ether oxygens (including phenoxy) is 2. The number of nitrogens with zero attached hydrogens (tertiary/aromatic N) is 2. The highest BCUT2D eigenvalue weighted by molar-refractivity contribution is 6.46. The monoisotopic (exact) mass is 527 g/mol. The number of rotatable bonds is 8. The topological polar surface area (TPSA) is 135 Å². The van der Waals surface area contributed by atoms with E-state index in [1.807, 2.05) is 24.4 Å². The van der Waals surface area contributed by atoms with Crippen molar-refractivity contribution in [2.45, 2.75) is 12.5 Å². The van der Waals surface area contributed by atoms with E-state index in [0.29, 0.717) is 29.0 Å².